The van der Waals surface area contributed by atoms with Crippen molar-refractivity contribution < 1.29 is 23.8 Å². The summed E-state index contributed by atoms with van der Waals surface area (Å²) in [5.41, 5.74) is 0. The van der Waals surface area contributed by atoms with Gasteiger partial charge in [0.25, 0.3) is 0 Å². The Morgan fingerprint density at radius 2 is 0.636 bits per heavy atom. The summed E-state index contributed by atoms with van der Waals surface area (Å²) in [6, 6.07) is 0. The molecule has 0 rings (SSSR count). The Labute approximate surface area is 412 Å². The highest BCUT2D eigenvalue weighted by atomic mass is 16.6. The number of allylic oxidation sites excluding steroid dienone is 8. The Kier molecular flexibility index (Phi) is 55.3. The van der Waals surface area contributed by atoms with Crippen LogP contribution in [0.3, 0.4) is 0 Å². The van der Waals surface area contributed by atoms with Crippen LogP contribution in [-0.2, 0) is 23.8 Å². The molecule has 0 aromatic carbocycles. The number of esters is 2. The van der Waals surface area contributed by atoms with E-state index in [4.69, 9.17) is 14.2 Å². The highest BCUT2D eigenvalue weighted by molar-refractivity contribution is 5.70. The number of rotatable bonds is 54. The van der Waals surface area contributed by atoms with E-state index >= 15 is 0 Å². The van der Waals surface area contributed by atoms with Crippen LogP contribution in [-0.4, -0.2) is 37.9 Å². The topological polar surface area (TPSA) is 61.8 Å². The SMILES string of the molecule is CCCCC/C=C\C/C=C\CCCCCCCCCC(=O)OCC(COCCCCCCCCCCCCCCCCCCCC)OC(=O)CCCCCCC/C=C\C/C=C\CCCCC. The molecule has 0 aromatic rings. The normalized spacial score (nSPS) is 12.5. The molecular formula is C61H112O5. The Balaban J connectivity index is 4.26. The Morgan fingerprint density at radius 1 is 0.333 bits per heavy atom. The van der Waals surface area contributed by atoms with Crippen molar-refractivity contribution in [2.24, 2.45) is 0 Å². The zero-order valence-corrected chi connectivity index (χ0v) is 44.5. The highest BCUT2D eigenvalue weighted by Gasteiger charge is 2.17. The first-order chi connectivity index (χ1) is 32.6. The van der Waals surface area contributed by atoms with Gasteiger partial charge >= 0.3 is 11.9 Å². The van der Waals surface area contributed by atoms with Crippen molar-refractivity contribution in [2.75, 3.05) is 19.8 Å². The first-order valence-electron chi connectivity index (χ1n) is 29.2. The maximum Gasteiger partial charge on any atom is 0.306 e. The second-order valence-corrected chi connectivity index (χ2v) is 19.5. The monoisotopic (exact) mass is 925 g/mol. The van der Waals surface area contributed by atoms with E-state index < -0.39 is 6.10 Å². The second-order valence-electron chi connectivity index (χ2n) is 19.5. The number of unbranched alkanes of at least 4 members (excludes halogenated alkanes) is 35. The van der Waals surface area contributed by atoms with E-state index in [1.807, 2.05) is 0 Å². The van der Waals surface area contributed by atoms with Gasteiger partial charge in [-0.1, -0.05) is 256 Å². The Morgan fingerprint density at radius 3 is 1.03 bits per heavy atom. The van der Waals surface area contributed by atoms with Gasteiger partial charge in [-0.2, -0.15) is 0 Å². The molecule has 0 radical (unpaired) electrons. The summed E-state index contributed by atoms with van der Waals surface area (Å²) in [5.74, 6) is -0.407. The predicted molar refractivity (Wildman–Crippen MR) is 288 cm³/mol. The Bertz CT molecular complexity index is 1090. The van der Waals surface area contributed by atoms with Crippen LogP contribution in [0.1, 0.15) is 303 Å². The molecular weight excluding hydrogens is 813 g/mol. The van der Waals surface area contributed by atoms with E-state index in [2.05, 4.69) is 69.4 Å². The number of hydrogen-bond acceptors (Lipinski definition) is 5. The van der Waals surface area contributed by atoms with Gasteiger partial charge in [-0.15, -0.1) is 0 Å². The lowest BCUT2D eigenvalue weighted by Crippen LogP contribution is -2.30. The van der Waals surface area contributed by atoms with Crippen molar-refractivity contribution in [1.29, 1.82) is 0 Å². The molecule has 386 valence electrons. The minimum Gasteiger partial charge on any atom is -0.462 e. The van der Waals surface area contributed by atoms with Crippen LogP contribution >= 0.6 is 0 Å². The third-order valence-electron chi connectivity index (χ3n) is 12.8. The number of carbonyl (C=O) groups excluding carboxylic acids is 2. The van der Waals surface area contributed by atoms with Gasteiger partial charge in [-0.05, 0) is 83.5 Å². The zero-order chi connectivity index (χ0) is 47.7. The first kappa shape index (κ1) is 63.9. The summed E-state index contributed by atoms with van der Waals surface area (Å²) in [5, 5.41) is 0. The summed E-state index contributed by atoms with van der Waals surface area (Å²) in [4.78, 5) is 25.5. The fourth-order valence-corrected chi connectivity index (χ4v) is 8.45. The third-order valence-corrected chi connectivity index (χ3v) is 12.8. The molecule has 5 heteroatoms. The van der Waals surface area contributed by atoms with Crippen molar-refractivity contribution in [2.45, 2.75) is 309 Å². The quantitative estimate of drug-likeness (QED) is 0.0345. The van der Waals surface area contributed by atoms with Gasteiger partial charge in [0.05, 0.1) is 6.61 Å². The van der Waals surface area contributed by atoms with Crippen LogP contribution in [0, 0.1) is 0 Å². The van der Waals surface area contributed by atoms with Crippen molar-refractivity contribution in [3.05, 3.63) is 48.6 Å². The molecule has 0 aliphatic heterocycles. The van der Waals surface area contributed by atoms with Gasteiger partial charge in [-0.25, -0.2) is 0 Å². The summed E-state index contributed by atoms with van der Waals surface area (Å²) in [7, 11) is 0. The fraction of sp³-hybridized carbons (Fsp3) is 0.836. The van der Waals surface area contributed by atoms with Gasteiger partial charge in [0.2, 0.25) is 0 Å². The molecule has 0 amide bonds. The minimum atomic E-state index is -0.545. The van der Waals surface area contributed by atoms with Crippen molar-refractivity contribution in [3.8, 4) is 0 Å². The minimum absolute atomic E-state index is 0.0789. The van der Waals surface area contributed by atoms with E-state index in [9.17, 15) is 9.59 Å². The molecule has 0 heterocycles. The van der Waals surface area contributed by atoms with Crippen LogP contribution in [0.25, 0.3) is 0 Å². The van der Waals surface area contributed by atoms with Crippen molar-refractivity contribution in [3.63, 3.8) is 0 Å². The molecule has 0 aromatic heterocycles. The molecule has 1 atom stereocenters. The van der Waals surface area contributed by atoms with Gasteiger partial charge in [0, 0.05) is 19.4 Å². The zero-order valence-electron chi connectivity index (χ0n) is 44.5. The number of carbonyl (C=O) groups is 2. The molecule has 0 fully saturated rings. The standard InChI is InChI=1S/C61H112O5/c1-4-7-10-13-16-19-22-25-28-30-32-35-38-41-44-47-50-53-56-64-57-59(66-61(63)55-52-49-46-43-40-37-33-27-24-21-18-15-12-9-6-3)58-65-60(62)54-51-48-45-42-39-36-34-31-29-26-23-20-17-14-11-8-5-2/h17-18,20-21,26-27,29,33,59H,4-16,19,22-25,28,30-32,34-58H2,1-3H3/b20-17-,21-18-,29-26-,33-27-. The third kappa shape index (κ3) is 54.5. The molecule has 1 unspecified atom stereocenters. The van der Waals surface area contributed by atoms with Gasteiger partial charge in [0.15, 0.2) is 6.10 Å². The van der Waals surface area contributed by atoms with Gasteiger partial charge in [0.1, 0.15) is 6.61 Å². The lowest BCUT2D eigenvalue weighted by Gasteiger charge is -2.18. The molecule has 0 spiro atoms. The lowest BCUT2D eigenvalue weighted by atomic mass is 10.0. The largest absolute Gasteiger partial charge is 0.462 e. The van der Waals surface area contributed by atoms with Gasteiger partial charge in [-0.3, -0.25) is 9.59 Å². The van der Waals surface area contributed by atoms with Crippen LogP contribution < -0.4 is 0 Å². The Hall–Kier alpha value is -2.14. The van der Waals surface area contributed by atoms with E-state index in [1.54, 1.807) is 0 Å². The van der Waals surface area contributed by atoms with Crippen molar-refractivity contribution >= 4 is 11.9 Å². The van der Waals surface area contributed by atoms with Crippen LogP contribution in [0.2, 0.25) is 0 Å². The van der Waals surface area contributed by atoms with E-state index in [0.717, 1.165) is 64.2 Å². The predicted octanol–water partition coefficient (Wildman–Crippen LogP) is 19.9. The highest BCUT2D eigenvalue weighted by Crippen LogP contribution is 2.16. The summed E-state index contributed by atoms with van der Waals surface area (Å²) in [6.45, 7) is 7.81. The molecule has 0 bridgehead atoms. The smallest absolute Gasteiger partial charge is 0.306 e. The molecule has 66 heavy (non-hydrogen) atoms. The summed E-state index contributed by atoms with van der Waals surface area (Å²) in [6.07, 6.45) is 71.3. The molecule has 0 aliphatic rings. The second kappa shape index (κ2) is 57.2. The van der Waals surface area contributed by atoms with Crippen LogP contribution in [0.5, 0.6) is 0 Å². The van der Waals surface area contributed by atoms with E-state index in [-0.39, 0.29) is 25.2 Å². The van der Waals surface area contributed by atoms with E-state index in [0.29, 0.717) is 19.4 Å². The van der Waals surface area contributed by atoms with Crippen LogP contribution in [0.15, 0.2) is 48.6 Å². The van der Waals surface area contributed by atoms with Gasteiger partial charge < -0.3 is 14.2 Å². The average molecular weight is 926 g/mol. The van der Waals surface area contributed by atoms with Crippen LogP contribution in [0.4, 0.5) is 0 Å². The number of hydrogen-bond donors (Lipinski definition) is 0. The lowest BCUT2D eigenvalue weighted by molar-refractivity contribution is -0.163. The summed E-state index contributed by atoms with van der Waals surface area (Å²) < 4.78 is 17.5. The molecule has 0 saturated heterocycles. The fourth-order valence-electron chi connectivity index (χ4n) is 8.45. The first-order valence-corrected chi connectivity index (χ1v) is 29.2. The van der Waals surface area contributed by atoms with E-state index in [1.165, 1.54) is 205 Å². The molecule has 5 nitrogen and oxygen atoms in total. The molecule has 0 N–H and O–H groups in total. The summed E-state index contributed by atoms with van der Waals surface area (Å²) >= 11 is 0. The molecule has 0 saturated carbocycles. The van der Waals surface area contributed by atoms with Crippen molar-refractivity contribution in [1.82, 2.24) is 0 Å². The maximum atomic E-state index is 12.8. The average Bonchev–Trinajstić information content (AvgIpc) is 3.32. The number of ether oxygens (including phenoxy) is 3. The maximum absolute atomic E-state index is 12.8. The molecule has 0 aliphatic carbocycles.